The number of aliphatic hydroxyl groups is 1. The molecule has 0 fully saturated rings. The van der Waals surface area contributed by atoms with Crippen LogP contribution in [0.15, 0.2) is 24.3 Å². The Morgan fingerprint density at radius 2 is 2.00 bits per heavy atom. The molecule has 0 amide bonds. The Morgan fingerprint density at radius 3 is 2.50 bits per heavy atom. The molecule has 1 unspecified atom stereocenters. The van der Waals surface area contributed by atoms with Crippen LogP contribution < -0.4 is 5.32 Å². The molecular formula is C14H20N2O2. The second-order valence-corrected chi connectivity index (χ2v) is 4.84. The van der Waals surface area contributed by atoms with Gasteiger partial charge < -0.3 is 15.2 Å². The highest BCUT2D eigenvalue weighted by atomic mass is 16.5. The van der Waals surface area contributed by atoms with Gasteiger partial charge >= 0.3 is 0 Å². The first-order valence-corrected chi connectivity index (χ1v) is 5.92. The van der Waals surface area contributed by atoms with Crippen LogP contribution in [0.5, 0.6) is 0 Å². The highest BCUT2D eigenvalue weighted by molar-refractivity contribution is 5.32. The second-order valence-electron chi connectivity index (χ2n) is 4.84. The number of aliphatic hydroxyl groups excluding tert-OH is 1. The minimum Gasteiger partial charge on any atom is -0.387 e. The molecule has 0 saturated heterocycles. The molecule has 1 aromatic carbocycles. The Bertz CT molecular complexity index is 407. The zero-order valence-corrected chi connectivity index (χ0v) is 11.1. The number of methoxy groups -OCH3 is 1. The van der Waals surface area contributed by atoms with Crippen molar-refractivity contribution in [2.24, 2.45) is 0 Å². The van der Waals surface area contributed by atoms with Gasteiger partial charge in [0.1, 0.15) is 0 Å². The fourth-order valence-corrected chi connectivity index (χ4v) is 1.48. The Balaban J connectivity index is 2.45. The van der Waals surface area contributed by atoms with E-state index in [0.717, 1.165) is 5.56 Å². The van der Waals surface area contributed by atoms with E-state index in [9.17, 15) is 5.11 Å². The number of hydrogen-bond acceptors (Lipinski definition) is 4. The first-order chi connectivity index (χ1) is 8.48. The number of ether oxygens (including phenoxy) is 1. The Labute approximate surface area is 108 Å². The second kappa shape index (κ2) is 6.50. The maximum Gasteiger partial charge on any atom is 0.0991 e. The van der Waals surface area contributed by atoms with Crippen LogP contribution in [-0.2, 0) is 4.74 Å². The van der Waals surface area contributed by atoms with Crippen LogP contribution in [0, 0.1) is 11.3 Å². The van der Waals surface area contributed by atoms with E-state index in [4.69, 9.17) is 10.00 Å². The zero-order valence-electron chi connectivity index (χ0n) is 11.1. The summed E-state index contributed by atoms with van der Waals surface area (Å²) < 4.78 is 5.28. The molecule has 4 heteroatoms. The summed E-state index contributed by atoms with van der Waals surface area (Å²) in [4.78, 5) is 0. The first-order valence-electron chi connectivity index (χ1n) is 5.92. The van der Waals surface area contributed by atoms with E-state index in [1.54, 1.807) is 31.4 Å². The van der Waals surface area contributed by atoms with E-state index in [1.807, 2.05) is 19.9 Å². The number of rotatable bonds is 6. The maximum atomic E-state index is 9.97. The smallest absolute Gasteiger partial charge is 0.0991 e. The van der Waals surface area contributed by atoms with Crippen molar-refractivity contribution in [2.75, 3.05) is 20.2 Å². The third-order valence-corrected chi connectivity index (χ3v) is 2.87. The number of nitrogens with zero attached hydrogens (tertiary/aromatic N) is 1. The molecule has 0 saturated carbocycles. The lowest BCUT2D eigenvalue weighted by atomic mass is 10.1. The summed E-state index contributed by atoms with van der Waals surface area (Å²) >= 11 is 0. The van der Waals surface area contributed by atoms with Gasteiger partial charge in [0.05, 0.1) is 23.3 Å². The standard InChI is InChI=1S/C14H20N2O2/c1-14(2,18-3)10-16-9-13(17)12-6-4-11(8-15)5-7-12/h4-7,13,16-17H,9-10H2,1-3H3. The molecule has 0 spiro atoms. The monoisotopic (exact) mass is 248 g/mol. The first kappa shape index (κ1) is 14.7. The Morgan fingerprint density at radius 1 is 1.39 bits per heavy atom. The van der Waals surface area contributed by atoms with E-state index in [2.05, 4.69) is 5.32 Å². The molecule has 0 aliphatic carbocycles. The summed E-state index contributed by atoms with van der Waals surface area (Å²) in [6.07, 6.45) is -0.578. The highest BCUT2D eigenvalue weighted by Crippen LogP contribution is 2.13. The number of nitrogens with one attached hydrogen (secondary N) is 1. The minimum atomic E-state index is -0.578. The number of hydrogen-bond donors (Lipinski definition) is 2. The molecule has 0 aliphatic rings. The van der Waals surface area contributed by atoms with Crippen molar-refractivity contribution in [3.8, 4) is 6.07 Å². The van der Waals surface area contributed by atoms with Crippen molar-refractivity contribution in [3.05, 3.63) is 35.4 Å². The normalized spacial score (nSPS) is 13.1. The van der Waals surface area contributed by atoms with Crippen LogP contribution in [-0.4, -0.2) is 30.9 Å². The van der Waals surface area contributed by atoms with Gasteiger partial charge in [-0.1, -0.05) is 12.1 Å². The van der Waals surface area contributed by atoms with Crippen LogP contribution in [0.4, 0.5) is 0 Å². The summed E-state index contributed by atoms with van der Waals surface area (Å²) in [5.74, 6) is 0. The molecule has 0 radical (unpaired) electrons. The zero-order chi connectivity index (χ0) is 13.6. The summed E-state index contributed by atoms with van der Waals surface area (Å²) in [5.41, 5.74) is 1.15. The van der Waals surface area contributed by atoms with Crippen LogP contribution in [0.2, 0.25) is 0 Å². The fourth-order valence-electron chi connectivity index (χ4n) is 1.48. The van der Waals surface area contributed by atoms with Gasteiger partial charge in [0.25, 0.3) is 0 Å². The predicted molar refractivity (Wildman–Crippen MR) is 70.1 cm³/mol. The molecule has 1 atom stereocenters. The summed E-state index contributed by atoms with van der Waals surface area (Å²) in [6.45, 7) is 5.08. The minimum absolute atomic E-state index is 0.246. The van der Waals surface area contributed by atoms with Gasteiger partial charge in [0, 0.05) is 20.2 Å². The van der Waals surface area contributed by atoms with Crippen molar-refractivity contribution in [1.29, 1.82) is 5.26 Å². The SMILES string of the molecule is COC(C)(C)CNCC(O)c1ccc(C#N)cc1. The predicted octanol–water partition coefficient (Wildman–Crippen LogP) is 1.61. The van der Waals surface area contributed by atoms with E-state index in [1.165, 1.54) is 0 Å². The van der Waals surface area contributed by atoms with Crippen molar-refractivity contribution >= 4 is 0 Å². The Hall–Kier alpha value is -1.41. The molecule has 1 rings (SSSR count). The van der Waals surface area contributed by atoms with Gasteiger partial charge in [0.2, 0.25) is 0 Å². The lowest BCUT2D eigenvalue weighted by Crippen LogP contribution is -2.38. The quantitative estimate of drug-likeness (QED) is 0.802. The van der Waals surface area contributed by atoms with Gasteiger partial charge in [-0.05, 0) is 31.5 Å². The Kier molecular flexibility index (Phi) is 5.29. The van der Waals surface area contributed by atoms with Crippen molar-refractivity contribution in [1.82, 2.24) is 5.32 Å². The summed E-state index contributed by atoms with van der Waals surface area (Å²) in [5, 5.41) is 21.8. The van der Waals surface area contributed by atoms with Gasteiger partial charge in [0.15, 0.2) is 0 Å². The van der Waals surface area contributed by atoms with Crippen molar-refractivity contribution < 1.29 is 9.84 Å². The molecule has 0 aliphatic heterocycles. The van der Waals surface area contributed by atoms with Gasteiger partial charge in [-0.25, -0.2) is 0 Å². The molecule has 2 N–H and O–H groups in total. The summed E-state index contributed by atoms with van der Waals surface area (Å²) in [7, 11) is 1.67. The molecule has 18 heavy (non-hydrogen) atoms. The van der Waals surface area contributed by atoms with E-state index >= 15 is 0 Å². The van der Waals surface area contributed by atoms with Gasteiger partial charge in [-0.3, -0.25) is 0 Å². The molecule has 4 nitrogen and oxygen atoms in total. The summed E-state index contributed by atoms with van der Waals surface area (Å²) in [6, 6.07) is 9.00. The number of benzene rings is 1. The molecule has 0 aromatic heterocycles. The van der Waals surface area contributed by atoms with Crippen molar-refractivity contribution in [2.45, 2.75) is 25.6 Å². The molecule has 0 bridgehead atoms. The van der Waals surface area contributed by atoms with Crippen molar-refractivity contribution in [3.63, 3.8) is 0 Å². The molecule has 1 aromatic rings. The largest absolute Gasteiger partial charge is 0.387 e. The fraction of sp³-hybridized carbons (Fsp3) is 0.500. The third kappa shape index (κ3) is 4.46. The molecule has 98 valence electrons. The maximum absolute atomic E-state index is 9.97. The van der Waals surface area contributed by atoms with E-state index in [0.29, 0.717) is 18.7 Å². The lowest BCUT2D eigenvalue weighted by molar-refractivity contribution is 0.0207. The molecular weight excluding hydrogens is 228 g/mol. The van der Waals surface area contributed by atoms with Gasteiger partial charge in [-0.15, -0.1) is 0 Å². The highest BCUT2D eigenvalue weighted by Gasteiger charge is 2.16. The van der Waals surface area contributed by atoms with E-state index < -0.39 is 6.10 Å². The van der Waals surface area contributed by atoms with Crippen LogP contribution >= 0.6 is 0 Å². The van der Waals surface area contributed by atoms with Crippen LogP contribution in [0.1, 0.15) is 31.1 Å². The number of nitriles is 1. The topological polar surface area (TPSA) is 65.3 Å². The molecule has 0 heterocycles. The van der Waals surface area contributed by atoms with Crippen LogP contribution in [0.25, 0.3) is 0 Å². The van der Waals surface area contributed by atoms with Gasteiger partial charge in [-0.2, -0.15) is 5.26 Å². The average Bonchev–Trinajstić information content (AvgIpc) is 2.38. The van der Waals surface area contributed by atoms with Crippen LogP contribution in [0.3, 0.4) is 0 Å². The lowest BCUT2D eigenvalue weighted by Gasteiger charge is -2.24. The third-order valence-electron chi connectivity index (χ3n) is 2.87. The average molecular weight is 248 g/mol. The van der Waals surface area contributed by atoms with E-state index in [-0.39, 0.29) is 5.60 Å².